The van der Waals surface area contributed by atoms with Crippen LogP contribution in [0.2, 0.25) is 5.02 Å². The summed E-state index contributed by atoms with van der Waals surface area (Å²) in [5, 5.41) is 45.0. The number of aliphatic carboxylic acids is 2. The molecular weight excluding hydrogens is 796 g/mol. The molecule has 25 heteroatoms. The van der Waals surface area contributed by atoms with Gasteiger partial charge in [0.25, 0.3) is 11.7 Å². The SMILES string of the molecule is CC(C)(O/N=C(\C(=O)C[C@@H]1C(=O)N2C[C@@](C(=O)O)(N3CCN(NC(=O)C(=O)CNC(=O)C(=O)c4ccc(O)c(O)c4Cl)C3=O)S[C@H]12)c1csc(N)n1)C(=O)O. The van der Waals surface area contributed by atoms with E-state index in [9.17, 15) is 63.6 Å². The van der Waals surface area contributed by atoms with Crippen LogP contribution < -0.4 is 16.5 Å². The van der Waals surface area contributed by atoms with Gasteiger partial charge in [0.2, 0.25) is 22.2 Å². The number of phenols is 2. The van der Waals surface area contributed by atoms with Gasteiger partial charge in [-0.3, -0.25) is 39.1 Å². The molecular formula is C30H29ClN8O14S2. The van der Waals surface area contributed by atoms with Crippen LogP contribution in [-0.4, -0.2) is 141 Å². The Morgan fingerprint density at radius 2 is 1.78 bits per heavy atom. The van der Waals surface area contributed by atoms with Crippen LogP contribution in [0.5, 0.6) is 11.5 Å². The Morgan fingerprint density at radius 1 is 1.09 bits per heavy atom. The zero-order chi connectivity index (χ0) is 40.7. The molecule has 0 radical (unpaired) electrons. The molecule has 0 spiro atoms. The van der Waals surface area contributed by atoms with Crippen LogP contribution in [0.4, 0.5) is 9.93 Å². The highest BCUT2D eigenvalue weighted by Crippen LogP contribution is 2.53. The van der Waals surface area contributed by atoms with Crippen molar-refractivity contribution in [1.82, 2.24) is 30.5 Å². The third kappa shape index (κ3) is 7.54. The molecule has 3 aliphatic heterocycles. The van der Waals surface area contributed by atoms with E-state index in [0.29, 0.717) is 16.8 Å². The van der Waals surface area contributed by atoms with Gasteiger partial charge in [-0.1, -0.05) is 28.5 Å². The number of nitrogens with two attached hydrogens (primary N) is 1. The maximum Gasteiger partial charge on any atom is 0.350 e. The monoisotopic (exact) mass is 824 g/mol. The minimum atomic E-state index is -2.09. The number of anilines is 1. The first kappa shape index (κ1) is 40.2. The lowest BCUT2D eigenvalue weighted by Crippen LogP contribution is -2.60. The number of nitrogens with zero attached hydrogens (tertiary/aromatic N) is 5. The number of nitrogen functional groups attached to an aromatic ring is 1. The molecule has 0 aliphatic carbocycles. The third-order valence-corrected chi connectivity index (χ3v) is 11.3. The predicted octanol–water partition coefficient (Wildman–Crippen LogP) is -1.02. The van der Waals surface area contributed by atoms with Crippen molar-refractivity contribution in [3.05, 3.63) is 33.8 Å². The van der Waals surface area contributed by atoms with E-state index in [-0.39, 0.29) is 23.9 Å². The number of nitrogens with one attached hydrogen (secondary N) is 2. The number of urea groups is 1. The number of amides is 5. The van der Waals surface area contributed by atoms with Crippen LogP contribution in [0.1, 0.15) is 36.3 Å². The number of thiazole rings is 1. The molecule has 55 heavy (non-hydrogen) atoms. The number of halogens is 1. The van der Waals surface area contributed by atoms with Crippen LogP contribution in [0.3, 0.4) is 0 Å². The molecule has 5 amide bonds. The van der Waals surface area contributed by atoms with Gasteiger partial charge >= 0.3 is 23.9 Å². The number of hydrogen-bond acceptors (Lipinski definition) is 17. The average molecular weight is 825 g/mol. The molecule has 3 fully saturated rings. The molecule has 3 atom stereocenters. The Kier molecular flexibility index (Phi) is 11.0. The standard InChI is InChI=1S/C30H29ClN8O14S2/c1-29(2,25(48)49)53-36-18(13-9-54-27(32)34-13)15(41)7-12-23(47)37-10-30(26(50)51,55-24(12)37)38-5-6-39(28(38)52)35-21(45)16(42)8-33-22(46)19(43)11-3-4-14(40)20(44)17(11)31/h3-4,9,12,24,40,44H,5-8,10H2,1-2H3,(H2,32,34)(H,33,46)(H,35,45)(H,48,49)(H,50,51)/b36-18-/t12-,24-,30-/m1/s1. The van der Waals surface area contributed by atoms with Crippen molar-refractivity contribution in [1.29, 1.82) is 0 Å². The van der Waals surface area contributed by atoms with Crippen molar-refractivity contribution < 1.29 is 68.4 Å². The van der Waals surface area contributed by atoms with E-state index in [1.54, 1.807) is 0 Å². The molecule has 1 aromatic heterocycles. The van der Waals surface area contributed by atoms with Gasteiger partial charge in [-0.25, -0.2) is 24.4 Å². The number of benzene rings is 1. The van der Waals surface area contributed by atoms with Gasteiger partial charge in [-0.15, -0.1) is 11.3 Å². The quantitative estimate of drug-likeness (QED) is 0.0282. The summed E-state index contributed by atoms with van der Waals surface area (Å²) in [4.78, 5) is 123. The summed E-state index contributed by atoms with van der Waals surface area (Å²) in [6.07, 6.45) is -0.527. The number of hydrogen-bond donors (Lipinski definition) is 7. The Morgan fingerprint density at radius 3 is 2.40 bits per heavy atom. The number of carboxylic acids is 2. The fourth-order valence-corrected chi connectivity index (χ4v) is 7.90. The van der Waals surface area contributed by atoms with Crippen LogP contribution in [0.25, 0.3) is 0 Å². The van der Waals surface area contributed by atoms with E-state index < -0.39 is 122 Å². The van der Waals surface area contributed by atoms with E-state index in [2.05, 4.69) is 10.1 Å². The van der Waals surface area contributed by atoms with Gasteiger partial charge in [-0.05, 0) is 26.0 Å². The molecule has 3 aliphatic rings. The molecule has 0 bridgehead atoms. The number of β-lactam (4-membered cyclic amide) rings is 1. The van der Waals surface area contributed by atoms with Gasteiger partial charge in [0, 0.05) is 18.3 Å². The van der Waals surface area contributed by atoms with Gasteiger partial charge in [-0.2, -0.15) is 0 Å². The zero-order valence-electron chi connectivity index (χ0n) is 28.3. The number of carboxylic acid groups (broad SMARTS) is 2. The number of fused-ring (bicyclic) bond motifs is 1. The summed E-state index contributed by atoms with van der Waals surface area (Å²) in [5.74, 6) is -12.4. The fourth-order valence-electron chi connectivity index (χ4n) is 5.41. The van der Waals surface area contributed by atoms with Crippen molar-refractivity contribution in [2.75, 3.05) is 31.9 Å². The number of rotatable bonds is 15. The largest absolute Gasteiger partial charge is 0.504 e. The number of ketones is 3. The van der Waals surface area contributed by atoms with Crippen molar-refractivity contribution in [2.24, 2.45) is 11.1 Å². The van der Waals surface area contributed by atoms with Crippen molar-refractivity contribution in [3.63, 3.8) is 0 Å². The van der Waals surface area contributed by atoms with Gasteiger partial charge in [0.1, 0.15) is 5.69 Å². The van der Waals surface area contributed by atoms with E-state index in [1.165, 1.54) is 19.2 Å². The highest BCUT2D eigenvalue weighted by molar-refractivity contribution is 8.02. The summed E-state index contributed by atoms with van der Waals surface area (Å²) in [7, 11) is 0. The molecule has 3 saturated heterocycles. The molecule has 1 aromatic carbocycles. The Bertz CT molecular complexity index is 2090. The van der Waals surface area contributed by atoms with Crippen LogP contribution in [0.15, 0.2) is 22.7 Å². The van der Waals surface area contributed by atoms with Crippen molar-refractivity contribution in [2.45, 2.75) is 36.1 Å². The maximum absolute atomic E-state index is 13.5. The number of carbonyl (C=O) groups excluding carboxylic acids is 7. The summed E-state index contributed by atoms with van der Waals surface area (Å²) in [6, 6.07) is 0.777. The number of Topliss-reactive ketones (excluding diaryl/α,β-unsaturated/α-hetero) is 3. The number of aromatic hydroxyl groups is 2. The van der Waals surface area contributed by atoms with Gasteiger partial charge in [0.15, 0.2) is 28.1 Å². The minimum Gasteiger partial charge on any atom is -0.504 e. The first-order valence-electron chi connectivity index (χ1n) is 15.6. The fraction of sp³-hybridized carbons (Fsp3) is 0.367. The number of carbonyl (C=O) groups is 9. The van der Waals surface area contributed by atoms with Gasteiger partial charge < -0.3 is 41.2 Å². The second kappa shape index (κ2) is 15.0. The molecule has 5 rings (SSSR count). The lowest BCUT2D eigenvalue weighted by Gasteiger charge is -2.40. The average Bonchev–Trinajstić information content (AvgIpc) is 3.83. The summed E-state index contributed by atoms with van der Waals surface area (Å²) in [6.45, 7) is 0.231. The third-order valence-electron chi connectivity index (χ3n) is 8.49. The minimum absolute atomic E-state index is 0.0458. The maximum atomic E-state index is 13.5. The Balaban J connectivity index is 1.22. The number of aromatic nitrogens is 1. The molecule has 8 N–H and O–H groups in total. The summed E-state index contributed by atoms with van der Waals surface area (Å²) >= 11 is 7.44. The molecule has 22 nitrogen and oxygen atoms in total. The molecule has 292 valence electrons. The highest BCUT2D eigenvalue weighted by Gasteiger charge is 2.66. The van der Waals surface area contributed by atoms with Gasteiger partial charge in [0.05, 0.1) is 41.5 Å². The molecule has 4 heterocycles. The normalized spacial score (nSPS) is 20.8. The number of oxime groups is 1. The Hall–Kier alpha value is -6.01. The lowest BCUT2D eigenvalue weighted by atomic mass is 9.90. The molecule has 0 saturated carbocycles. The number of hydrazine groups is 1. The van der Waals surface area contributed by atoms with Crippen LogP contribution >= 0.6 is 34.7 Å². The summed E-state index contributed by atoms with van der Waals surface area (Å²) < 4.78 is 0. The van der Waals surface area contributed by atoms with E-state index >= 15 is 0 Å². The molecule has 2 aromatic rings. The predicted molar refractivity (Wildman–Crippen MR) is 187 cm³/mol. The number of phenolic OH excluding ortho intramolecular Hbond substituents is 2. The highest BCUT2D eigenvalue weighted by atomic mass is 35.5. The van der Waals surface area contributed by atoms with Crippen molar-refractivity contribution >= 4 is 98.6 Å². The lowest BCUT2D eigenvalue weighted by molar-refractivity contribution is -0.161. The topological polar surface area (TPSA) is 329 Å². The van der Waals surface area contributed by atoms with E-state index in [0.717, 1.165) is 33.3 Å². The summed E-state index contributed by atoms with van der Waals surface area (Å²) in [5.41, 5.74) is 4.87. The number of thioether (sulfide) groups is 1. The first-order chi connectivity index (χ1) is 25.7. The first-order valence-corrected chi connectivity index (χ1v) is 17.8. The van der Waals surface area contributed by atoms with Crippen LogP contribution in [0, 0.1) is 5.92 Å². The Labute approximate surface area is 321 Å². The van der Waals surface area contributed by atoms with E-state index in [1.807, 2.05) is 10.7 Å². The van der Waals surface area contributed by atoms with Crippen LogP contribution in [-0.2, 0) is 38.4 Å². The zero-order valence-corrected chi connectivity index (χ0v) is 30.7. The second-order valence-corrected chi connectivity index (χ2v) is 15.1. The smallest absolute Gasteiger partial charge is 0.350 e. The second-order valence-electron chi connectivity index (χ2n) is 12.5. The molecule has 0 unspecified atom stereocenters. The van der Waals surface area contributed by atoms with E-state index in [4.69, 9.17) is 22.2 Å². The van der Waals surface area contributed by atoms with Crippen molar-refractivity contribution in [3.8, 4) is 11.5 Å².